The van der Waals surface area contributed by atoms with Crippen LogP contribution in [0.5, 0.6) is 0 Å². The van der Waals surface area contributed by atoms with Crippen molar-refractivity contribution in [3.05, 3.63) is 51.8 Å². The fraction of sp³-hybridized carbons (Fsp3) is 0.409. The summed E-state index contributed by atoms with van der Waals surface area (Å²) in [4.78, 5) is 18.2. The summed E-state index contributed by atoms with van der Waals surface area (Å²) in [6, 6.07) is 6.95. The van der Waals surface area contributed by atoms with E-state index < -0.39 is 9.84 Å². The van der Waals surface area contributed by atoms with Crippen molar-refractivity contribution in [1.82, 2.24) is 14.8 Å². The van der Waals surface area contributed by atoms with Crippen LogP contribution in [-0.2, 0) is 9.84 Å². The quantitative estimate of drug-likeness (QED) is 0.632. The highest BCUT2D eigenvalue weighted by Gasteiger charge is 2.34. The first-order valence-corrected chi connectivity index (χ1v) is 12.6. The van der Waals surface area contributed by atoms with Gasteiger partial charge in [-0.15, -0.1) is 0 Å². The number of fused-ring (bicyclic) bond motifs is 1. The molecule has 5 rings (SSSR count). The first-order valence-electron chi connectivity index (χ1n) is 10.4. The molecule has 1 aliphatic carbocycles. The number of halogens is 1. The predicted molar refractivity (Wildman–Crippen MR) is 121 cm³/mol. The number of anilines is 1. The number of carbonyl (C=O) groups excluding carboxylic acids is 1. The van der Waals surface area contributed by atoms with Crippen molar-refractivity contribution in [2.24, 2.45) is 0 Å². The lowest BCUT2D eigenvalue weighted by Gasteiger charge is -2.13. The molecule has 7 nitrogen and oxygen atoms in total. The van der Waals surface area contributed by atoms with Crippen LogP contribution in [0.15, 0.2) is 24.3 Å². The van der Waals surface area contributed by atoms with Gasteiger partial charge in [-0.1, -0.05) is 11.6 Å². The zero-order chi connectivity index (χ0) is 21.9. The number of nitrogens with one attached hydrogen (secondary N) is 1. The molecule has 1 aromatic carbocycles. The van der Waals surface area contributed by atoms with Gasteiger partial charge in [-0.05, 0) is 62.9 Å². The lowest BCUT2D eigenvalue weighted by atomic mass is 10.1. The molecule has 0 bridgehead atoms. The summed E-state index contributed by atoms with van der Waals surface area (Å²) in [5.74, 6) is 0.318. The van der Waals surface area contributed by atoms with Crippen LogP contribution >= 0.6 is 11.6 Å². The van der Waals surface area contributed by atoms with Gasteiger partial charge in [-0.3, -0.25) is 4.79 Å². The van der Waals surface area contributed by atoms with Crippen molar-refractivity contribution in [3.8, 4) is 0 Å². The van der Waals surface area contributed by atoms with E-state index in [4.69, 9.17) is 16.6 Å². The molecule has 2 aliphatic rings. The van der Waals surface area contributed by atoms with E-state index in [1.807, 2.05) is 19.9 Å². The van der Waals surface area contributed by atoms with Crippen molar-refractivity contribution in [2.75, 3.05) is 16.8 Å². The van der Waals surface area contributed by atoms with Crippen LogP contribution in [-0.4, -0.2) is 40.6 Å². The number of carbonyl (C=O) groups is 1. The Kier molecular flexibility index (Phi) is 4.82. The maximum absolute atomic E-state index is 13.3. The van der Waals surface area contributed by atoms with E-state index in [2.05, 4.69) is 10.4 Å². The van der Waals surface area contributed by atoms with Gasteiger partial charge in [0.2, 0.25) is 0 Å². The zero-order valence-electron chi connectivity index (χ0n) is 17.4. The van der Waals surface area contributed by atoms with Crippen LogP contribution in [0.25, 0.3) is 11.0 Å². The molecule has 2 fully saturated rings. The molecular weight excluding hydrogens is 436 g/mol. The molecule has 0 radical (unpaired) electrons. The van der Waals surface area contributed by atoms with Crippen LogP contribution in [0.1, 0.15) is 58.5 Å². The zero-order valence-corrected chi connectivity index (χ0v) is 18.9. The molecular formula is C22H23ClN4O3S. The number of benzene rings is 1. The maximum Gasteiger partial charge on any atom is 0.256 e. The summed E-state index contributed by atoms with van der Waals surface area (Å²) < 4.78 is 25.8. The smallest absolute Gasteiger partial charge is 0.256 e. The largest absolute Gasteiger partial charge is 0.322 e. The first kappa shape index (κ1) is 20.5. The van der Waals surface area contributed by atoms with E-state index >= 15 is 0 Å². The lowest BCUT2D eigenvalue weighted by molar-refractivity contribution is 0.102. The minimum Gasteiger partial charge on any atom is -0.322 e. The number of sulfone groups is 1. The summed E-state index contributed by atoms with van der Waals surface area (Å²) in [5.41, 5.74) is 4.23. The number of aromatic nitrogens is 3. The standard InChI is InChI=1S/C22H23ClN4O3S/c1-12-9-15(23)5-6-18(12)25-22(28)17-10-19(14-3-4-14)24-21-20(17)13(2)26-27(21)16-7-8-31(29,30)11-16/h5-6,9-10,14,16H,3-4,7-8,11H2,1-2H3,(H,25,28). The Morgan fingerprint density at radius 3 is 2.61 bits per heavy atom. The predicted octanol–water partition coefficient (Wildman–Crippen LogP) is 4.19. The van der Waals surface area contributed by atoms with Crippen molar-refractivity contribution < 1.29 is 13.2 Å². The molecule has 162 valence electrons. The monoisotopic (exact) mass is 458 g/mol. The summed E-state index contributed by atoms with van der Waals surface area (Å²) in [6.07, 6.45) is 2.60. The van der Waals surface area contributed by atoms with E-state index in [0.29, 0.717) is 45.3 Å². The Morgan fingerprint density at radius 1 is 1.19 bits per heavy atom. The topological polar surface area (TPSA) is 93.9 Å². The number of nitrogens with zero attached hydrogens (tertiary/aromatic N) is 3. The van der Waals surface area contributed by atoms with Crippen LogP contribution in [0.2, 0.25) is 5.02 Å². The highest BCUT2D eigenvalue weighted by atomic mass is 35.5. The molecule has 3 aromatic rings. The highest BCUT2D eigenvalue weighted by Crippen LogP contribution is 2.41. The van der Waals surface area contributed by atoms with Crippen molar-refractivity contribution in [3.63, 3.8) is 0 Å². The Morgan fingerprint density at radius 2 is 1.97 bits per heavy atom. The van der Waals surface area contributed by atoms with Gasteiger partial charge in [-0.2, -0.15) is 5.10 Å². The number of aryl methyl sites for hydroxylation is 2. The highest BCUT2D eigenvalue weighted by molar-refractivity contribution is 7.91. The van der Waals surface area contributed by atoms with E-state index in [1.54, 1.807) is 22.9 Å². The molecule has 2 aromatic heterocycles. The fourth-order valence-corrected chi connectivity index (χ4v) is 6.20. The molecule has 1 saturated carbocycles. The van der Waals surface area contributed by atoms with Gasteiger partial charge in [0.05, 0.1) is 34.2 Å². The van der Waals surface area contributed by atoms with Crippen LogP contribution in [0, 0.1) is 13.8 Å². The van der Waals surface area contributed by atoms with Gasteiger partial charge < -0.3 is 5.32 Å². The van der Waals surface area contributed by atoms with Gasteiger partial charge >= 0.3 is 0 Å². The molecule has 9 heteroatoms. The van der Waals surface area contributed by atoms with Crippen LogP contribution in [0.4, 0.5) is 5.69 Å². The molecule has 1 unspecified atom stereocenters. The third kappa shape index (κ3) is 3.83. The third-order valence-corrected chi connectivity index (χ3v) is 8.07. The second-order valence-electron chi connectivity index (χ2n) is 8.57. The molecule has 1 saturated heterocycles. The normalized spacial score (nSPS) is 20.3. The Labute approximate surface area is 185 Å². The van der Waals surface area contributed by atoms with Gasteiger partial charge in [-0.25, -0.2) is 18.1 Å². The summed E-state index contributed by atoms with van der Waals surface area (Å²) in [6.45, 7) is 3.73. The molecule has 0 spiro atoms. The summed E-state index contributed by atoms with van der Waals surface area (Å²) >= 11 is 6.04. The average Bonchev–Trinajstić information content (AvgIpc) is 3.43. The lowest BCUT2D eigenvalue weighted by Crippen LogP contribution is -2.16. The third-order valence-electron chi connectivity index (χ3n) is 6.09. The van der Waals surface area contributed by atoms with E-state index in [1.165, 1.54) is 0 Å². The number of hydrogen-bond acceptors (Lipinski definition) is 5. The number of rotatable bonds is 4. The molecule has 1 N–H and O–H groups in total. The fourth-order valence-electron chi connectivity index (χ4n) is 4.28. The Hall–Kier alpha value is -2.45. The first-order chi connectivity index (χ1) is 14.7. The van der Waals surface area contributed by atoms with Crippen molar-refractivity contribution >= 4 is 44.1 Å². The number of pyridine rings is 1. The van der Waals surface area contributed by atoms with Crippen molar-refractivity contribution in [2.45, 2.75) is 45.1 Å². The van der Waals surface area contributed by atoms with Crippen molar-refractivity contribution in [1.29, 1.82) is 0 Å². The summed E-state index contributed by atoms with van der Waals surface area (Å²) in [7, 11) is -3.07. The molecule has 1 aliphatic heterocycles. The van der Waals surface area contributed by atoms with Gasteiger partial charge in [0.15, 0.2) is 15.5 Å². The second kappa shape index (κ2) is 7.31. The second-order valence-corrected chi connectivity index (χ2v) is 11.2. The van der Waals surface area contributed by atoms with Crippen LogP contribution in [0.3, 0.4) is 0 Å². The number of hydrogen-bond donors (Lipinski definition) is 1. The molecule has 1 atom stereocenters. The van der Waals surface area contributed by atoms with E-state index in [-0.39, 0.29) is 23.5 Å². The Bertz CT molecular complexity index is 1330. The van der Waals surface area contributed by atoms with E-state index in [0.717, 1.165) is 24.1 Å². The SMILES string of the molecule is Cc1cc(Cl)ccc1NC(=O)c1cc(C2CC2)nc2c1c(C)nn2C1CCS(=O)(=O)C1. The maximum atomic E-state index is 13.3. The van der Waals surface area contributed by atoms with Gasteiger partial charge in [0, 0.05) is 22.3 Å². The van der Waals surface area contributed by atoms with Crippen LogP contribution < -0.4 is 5.32 Å². The molecule has 1 amide bonds. The van der Waals surface area contributed by atoms with Gasteiger partial charge in [0.1, 0.15) is 0 Å². The summed E-state index contributed by atoms with van der Waals surface area (Å²) in [5, 5.41) is 8.91. The Balaban J connectivity index is 1.61. The van der Waals surface area contributed by atoms with Gasteiger partial charge in [0.25, 0.3) is 5.91 Å². The average molecular weight is 459 g/mol. The number of amides is 1. The molecule has 3 heterocycles. The minimum atomic E-state index is -3.07. The van der Waals surface area contributed by atoms with E-state index in [9.17, 15) is 13.2 Å². The minimum absolute atomic E-state index is 0.0596. The molecule has 31 heavy (non-hydrogen) atoms.